The van der Waals surface area contributed by atoms with Crippen molar-refractivity contribution in [3.05, 3.63) is 64.1 Å². The molecule has 0 unspecified atom stereocenters. The van der Waals surface area contributed by atoms with Gasteiger partial charge in [0.15, 0.2) is 11.5 Å². The number of ether oxygens (including phenoxy) is 2. The van der Waals surface area contributed by atoms with Gasteiger partial charge in [0, 0.05) is 21.4 Å². The van der Waals surface area contributed by atoms with Crippen LogP contribution in [0, 0.1) is 0 Å². The van der Waals surface area contributed by atoms with E-state index in [9.17, 15) is 0 Å². The molecule has 0 atom stereocenters. The van der Waals surface area contributed by atoms with E-state index in [0.29, 0.717) is 15.8 Å². The van der Waals surface area contributed by atoms with Crippen molar-refractivity contribution in [2.75, 3.05) is 6.79 Å². The summed E-state index contributed by atoms with van der Waals surface area (Å²) in [4.78, 5) is 0. The Morgan fingerprint density at radius 1 is 0.920 bits per heavy atom. The van der Waals surface area contributed by atoms with Crippen LogP contribution in [-0.2, 0) is 5.75 Å². The van der Waals surface area contributed by atoms with Crippen LogP contribution in [0.2, 0.25) is 10.0 Å². The van der Waals surface area contributed by atoms with E-state index in [0.717, 1.165) is 33.3 Å². The Morgan fingerprint density at radius 2 is 1.80 bits per heavy atom. The molecule has 3 aromatic rings. The third kappa shape index (κ3) is 3.68. The van der Waals surface area contributed by atoms with Crippen molar-refractivity contribution >= 4 is 35.0 Å². The maximum Gasteiger partial charge on any atom is 0.231 e. The lowest BCUT2D eigenvalue weighted by atomic mass is 10.1. The molecule has 0 bridgehead atoms. The third-order valence-corrected chi connectivity index (χ3v) is 5.25. The van der Waals surface area contributed by atoms with Gasteiger partial charge in [0.25, 0.3) is 0 Å². The lowest BCUT2D eigenvalue weighted by molar-refractivity contribution is 0.174. The predicted octanol–water partition coefficient (Wildman–Crippen LogP) is 5.47. The molecule has 1 aromatic heterocycles. The van der Waals surface area contributed by atoms with Gasteiger partial charge < -0.3 is 9.47 Å². The van der Waals surface area contributed by atoms with Crippen molar-refractivity contribution in [2.45, 2.75) is 10.8 Å². The molecule has 0 saturated heterocycles. The van der Waals surface area contributed by atoms with Crippen LogP contribution < -0.4 is 9.47 Å². The van der Waals surface area contributed by atoms with Crippen molar-refractivity contribution in [3.63, 3.8) is 0 Å². The number of hydrogen-bond acceptors (Lipinski definition) is 5. The van der Waals surface area contributed by atoms with Gasteiger partial charge in [-0.05, 0) is 48.0 Å². The fraction of sp³-hybridized carbons (Fsp3) is 0.111. The largest absolute Gasteiger partial charge is 0.454 e. The molecule has 0 aliphatic carbocycles. The van der Waals surface area contributed by atoms with Crippen LogP contribution in [0.4, 0.5) is 0 Å². The average molecular weight is 391 g/mol. The fourth-order valence-electron chi connectivity index (χ4n) is 2.40. The first-order valence-corrected chi connectivity index (χ1v) is 9.24. The molecule has 4 nitrogen and oxygen atoms in total. The number of aromatic nitrogens is 2. The van der Waals surface area contributed by atoms with Crippen molar-refractivity contribution in [1.29, 1.82) is 0 Å². The Balaban J connectivity index is 1.46. The summed E-state index contributed by atoms with van der Waals surface area (Å²) in [7, 11) is 0. The van der Waals surface area contributed by atoms with Gasteiger partial charge in [-0.15, -0.1) is 10.2 Å². The molecule has 7 heteroatoms. The Bertz CT molecular complexity index is 919. The van der Waals surface area contributed by atoms with Gasteiger partial charge in [-0.1, -0.05) is 41.0 Å². The van der Waals surface area contributed by atoms with Crippen LogP contribution in [0.15, 0.2) is 53.6 Å². The second-order valence-electron chi connectivity index (χ2n) is 5.35. The van der Waals surface area contributed by atoms with E-state index in [1.54, 1.807) is 17.8 Å². The van der Waals surface area contributed by atoms with Gasteiger partial charge >= 0.3 is 0 Å². The normalized spacial score (nSPS) is 12.4. The number of rotatable bonds is 4. The Labute approximate surface area is 159 Å². The number of hydrogen-bond donors (Lipinski definition) is 0. The quantitative estimate of drug-likeness (QED) is 0.552. The van der Waals surface area contributed by atoms with Crippen molar-refractivity contribution in [3.8, 4) is 22.8 Å². The van der Waals surface area contributed by atoms with E-state index in [1.165, 1.54) is 0 Å². The Hall–Kier alpha value is -1.95. The summed E-state index contributed by atoms with van der Waals surface area (Å²) < 4.78 is 10.7. The topological polar surface area (TPSA) is 44.2 Å². The highest BCUT2D eigenvalue weighted by molar-refractivity contribution is 7.98. The van der Waals surface area contributed by atoms with Gasteiger partial charge in [0.1, 0.15) is 5.03 Å². The van der Waals surface area contributed by atoms with Crippen LogP contribution in [0.5, 0.6) is 11.5 Å². The van der Waals surface area contributed by atoms with Gasteiger partial charge in [-0.25, -0.2) is 0 Å². The van der Waals surface area contributed by atoms with Crippen molar-refractivity contribution in [2.24, 2.45) is 0 Å². The van der Waals surface area contributed by atoms with E-state index in [1.807, 2.05) is 42.5 Å². The van der Waals surface area contributed by atoms with Crippen LogP contribution >= 0.6 is 35.0 Å². The number of halogens is 2. The second kappa shape index (κ2) is 7.12. The summed E-state index contributed by atoms with van der Waals surface area (Å²) in [6.07, 6.45) is 0. The molecule has 2 heterocycles. The lowest BCUT2D eigenvalue weighted by Crippen LogP contribution is -1.93. The Kier molecular flexibility index (Phi) is 4.70. The Morgan fingerprint density at radius 3 is 2.60 bits per heavy atom. The molecule has 126 valence electrons. The van der Waals surface area contributed by atoms with Gasteiger partial charge in [0.2, 0.25) is 6.79 Å². The number of thioether (sulfide) groups is 1. The lowest BCUT2D eigenvalue weighted by Gasteiger charge is -2.05. The smallest absolute Gasteiger partial charge is 0.231 e. The monoisotopic (exact) mass is 390 g/mol. The molecule has 25 heavy (non-hydrogen) atoms. The molecular weight excluding hydrogens is 379 g/mol. The van der Waals surface area contributed by atoms with Gasteiger partial charge in [-0.3, -0.25) is 0 Å². The predicted molar refractivity (Wildman–Crippen MR) is 99.6 cm³/mol. The molecule has 4 rings (SSSR count). The first-order valence-electron chi connectivity index (χ1n) is 7.49. The van der Waals surface area contributed by atoms with E-state index >= 15 is 0 Å². The first kappa shape index (κ1) is 16.5. The fourth-order valence-corrected chi connectivity index (χ4v) is 3.77. The molecular formula is C18H12Cl2N2O2S. The minimum absolute atomic E-state index is 0.257. The van der Waals surface area contributed by atoms with Gasteiger partial charge in [0.05, 0.1) is 5.69 Å². The van der Waals surface area contributed by atoms with Gasteiger partial charge in [-0.2, -0.15) is 0 Å². The average Bonchev–Trinajstić information content (AvgIpc) is 3.09. The maximum atomic E-state index is 6.19. The van der Waals surface area contributed by atoms with E-state index in [2.05, 4.69) is 10.2 Å². The maximum absolute atomic E-state index is 6.19. The zero-order chi connectivity index (χ0) is 17.2. The molecule has 0 saturated carbocycles. The number of benzene rings is 2. The molecule has 0 spiro atoms. The van der Waals surface area contributed by atoms with Crippen LogP contribution in [0.3, 0.4) is 0 Å². The van der Waals surface area contributed by atoms with Crippen LogP contribution in [0.1, 0.15) is 5.56 Å². The standard InChI is InChI=1S/C18H12Cl2N2O2S/c19-13-3-1-12(14(20)8-13)9-25-18-6-4-15(21-22-18)11-2-5-16-17(7-11)24-10-23-16/h1-8H,9-10H2. The summed E-state index contributed by atoms with van der Waals surface area (Å²) in [5.74, 6) is 2.19. The van der Waals surface area contributed by atoms with Crippen LogP contribution in [-0.4, -0.2) is 17.0 Å². The molecule has 0 amide bonds. The minimum Gasteiger partial charge on any atom is -0.454 e. The minimum atomic E-state index is 0.257. The summed E-state index contributed by atoms with van der Waals surface area (Å²) >= 11 is 13.7. The van der Waals surface area contributed by atoms with Crippen molar-refractivity contribution in [1.82, 2.24) is 10.2 Å². The highest BCUT2D eigenvalue weighted by Crippen LogP contribution is 2.35. The third-order valence-electron chi connectivity index (χ3n) is 3.70. The molecule has 1 aliphatic rings. The summed E-state index contributed by atoms with van der Waals surface area (Å²) in [5, 5.41) is 10.7. The van der Waals surface area contributed by atoms with E-state index in [-0.39, 0.29) is 6.79 Å². The highest BCUT2D eigenvalue weighted by Gasteiger charge is 2.14. The first-order chi connectivity index (χ1) is 12.2. The van der Waals surface area contributed by atoms with Crippen LogP contribution in [0.25, 0.3) is 11.3 Å². The highest BCUT2D eigenvalue weighted by atomic mass is 35.5. The molecule has 0 fully saturated rings. The SMILES string of the molecule is Clc1ccc(CSc2ccc(-c3ccc4c(c3)OCO4)nn2)c(Cl)c1. The number of nitrogens with zero attached hydrogens (tertiary/aromatic N) is 2. The summed E-state index contributed by atoms with van der Waals surface area (Å²) in [6, 6.07) is 15.1. The molecule has 1 aliphatic heterocycles. The molecule has 2 aromatic carbocycles. The second-order valence-corrected chi connectivity index (χ2v) is 7.19. The van der Waals surface area contributed by atoms with E-state index in [4.69, 9.17) is 32.7 Å². The zero-order valence-electron chi connectivity index (χ0n) is 12.9. The summed E-state index contributed by atoms with van der Waals surface area (Å²) in [5.41, 5.74) is 2.74. The molecule has 0 N–H and O–H groups in total. The van der Waals surface area contributed by atoms with Crippen molar-refractivity contribution < 1.29 is 9.47 Å². The zero-order valence-corrected chi connectivity index (χ0v) is 15.2. The summed E-state index contributed by atoms with van der Waals surface area (Å²) in [6.45, 7) is 0.257. The molecule has 0 radical (unpaired) electrons. The number of fused-ring (bicyclic) bond motifs is 1. The van der Waals surface area contributed by atoms with E-state index < -0.39 is 0 Å².